The van der Waals surface area contributed by atoms with Gasteiger partial charge in [0.2, 0.25) is 0 Å². The fraction of sp³-hybridized carbons (Fsp3) is 0.375. The zero-order valence-electron chi connectivity index (χ0n) is 16.1. The maximum Gasteiger partial charge on any atom is 0.0945 e. The molecule has 3 heteroatoms. The first-order valence-electron chi connectivity index (χ1n) is 9.83. The highest BCUT2D eigenvalue weighted by molar-refractivity contribution is 5.79. The van der Waals surface area contributed by atoms with Gasteiger partial charge in [-0.2, -0.15) is 0 Å². The summed E-state index contributed by atoms with van der Waals surface area (Å²) in [4.78, 5) is 7.51. The number of likely N-dealkylation sites (tertiary alicyclic amines) is 1. The van der Waals surface area contributed by atoms with Crippen LogP contribution in [0.15, 0.2) is 60.7 Å². The Hall–Kier alpha value is -2.23. The molecule has 2 heterocycles. The van der Waals surface area contributed by atoms with Gasteiger partial charge >= 0.3 is 0 Å². The summed E-state index contributed by atoms with van der Waals surface area (Å²) in [5, 5.41) is 1.22. The summed E-state index contributed by atoms with van der Waals surface area (Å²) in [6, 6.07) is 21.8. The van der Waals surface area contributed by atoms with Gasteiger partial charge in [0.1, 0.15) is 0 Å². The molecule has 1 saturated heterocycles. The number of nitrogens with zero attached hydrogens (tertiary/aromatic N) is 2. The molecule has 2 aliphatic rings. The minimum atomic E-state index is -0.224. The molecule has 2 aromatic carbocycles. The second-order valence-corrected chi connectivity index (χ2v) is 8.27. The quantitative estimate of drug-likeness (QED) is 0.693. The van der Waals surface area contributed by atoms with Gasteiger partial charge in [-0.1, -0.05) is 48.5 Å². The van der Waals surface area contributed by atoms with Crippen molar-refractivity contribution in [3.8, 4) is 0 Å². The Bertz CT molecular complexity index is 986. The normalized spacial score (nSPS) is 27.9. The third-order valence-corrected chi connectivity index (χ3v) is 6.87. The first kappa shape index (κ1) is 16.9. The molecule has 1 aliphatic heterocycles. The fourth-order valence-corrected chi connectivity index (χ4v) is 5.45. The van der Waals surface area contributed by atoms with E-state index >= 15 is 0 Å². The van der Waals surface area contributed by atoms with E-state index in [1.54, 1.807) is 0 Å². The van der Waals surface area contributed by atoms with Crippen molar-refractivity contribution in [1.82, 2.24) is 9.88 Å². The zero-order chi connectivity index (χ0) is 18.5. The Balaban J connectivity index is 1.73. The number of piperidine rings is 1. The average Bonchev–Trinajstić information content (AvgIpc) is 2.71. The summed E-state index contributed by atoms with van der Waals surface area (Å²) in [6.45, 7) is 2.04. The molecule has 1 aromatic heterocycles. The lowest BCUT2D eigenvalue weighted by atomic mass is 9.55. The molecule has 138 valence electrons. The minimum Gasteiger partial charge on any atom is -0.376 e. The molecule has 5 rings (SSSR count). The summed E-state index contributed by atoms with van der Waals surface area (Å²) in [5.74, 6) is 0. The molecule has 0 spiro atoms. The fourth-order valence-electron chi connectivity index (χ4n) is 5.45. The molecular weight excluding hydrogens is 332 g/mol. The van der Waals surface area contributed by atoms with Gasteiger partial charge in [0.05, 0.1) is 11.1 Å². The third-order valence-electron chi connectivity index (χ3n) is 6.87. The van der Waals surface area contributed by atoms with Gasteiger partial charge in [-0.15, -0.1) is 0 Å². The largest absolute Gasteiger partial charge is 0.376 e. The highest BCUT2D eigenvalue weighted by atomic mass is 16.5. The van der Waals surface area contributed by atoms with Crippen LogP contribution in [-0.2, 0) is 23.0 Å². The van der Waals surface area contributed by atoms with Gasteiger partial charge in [-0.3, -0.25) is 4.98 Å². The number of likely N-dealkylation sites (N-methyl/N-ethyl adjacent to an activating group) is 1. The van der Waals surface area contributed by atoms with Gasteiger partial charge in [0.15, 0.2) is 0 Å². The van der Waals surface area contributed by atoms with E-state index in [4.69, 9.17) is 9.72 Å². The molecule has 3 aromatic rings. The Morgan fingerprint density at radius 1 is 1.00 bits per heavy atom. The summed E-state index contributed by atoms with van der Waals surface area (Å²) in [7, 11) is 4.11. The van der Waals surface area contributed by atoms with Crippen LogP contribution in [0.2, 0.25) is 0 Å². The molecule has 0 radical (unpaired) electrons. The van der Waals surface area contributed by atoms with Crippen LogP contribution in [0.1, 0.15) is 23.2 Å². The zero-order valence-corrected chi connectivity index (χ0v) is 16.1. The topological polar surface area (TPSA) is 25.4 Å². The Morgan fingerprint density at radius 2 is 1.78 bits per heavy atom. The first-order chi connectivity index (χ1) is 13.2. The number of ether oxygens (including phenoxy) is 1. The van der Waals surface area contributed by atoms with Crippen LogP contribution in [-0.4, -0.2) is 42.7 Å². The van der Waals surface area contributed by atoms with E-state index < -0.39 is 0 Å². The van der Waals surface area contributed by atoms with Crippen molar-refractivity contribution in [3.63, 3.8) is 0 Å². The highest BCUT2D eigenvalue weighted by Gasteiger charge is 2.58. The first-order valence-corrected chi connectivity index (χ1v) is 9.83. The van der Waals surface area contributed by atoms with Crippen LogP contribution in [0, 0.1) is 0 Å². The lowest BCUT2D eigenvalue weighted by molar-refractivity contribution is -0.124. The molecule has 0 N–H and O–H groups in total. The number of aromatic nitrogens is 1. The number of rotatable bonds is 2. The third kappa shape index (κ3) is 2.45. The van der Waals surface area contributed by atoms with Gasteiger partial charge < -0.3 is 9.64 Å². The molecular formula is C24H26N2O. The number of para-hydroxylation sites is 1. The second-order valence-electron chi connectivity index (χ2n) is 8.27. The molecule has 27 heavy (non-hydrogen) atoms. The summed E-state index contributed by atoms with van der Waals surface area (Å²) >= 11 is 0. The minimum absolute atomic E-state index is 0.0298. The number of fused-ring (bicyclic) bond motifs is 3. The number of methoxy groups -OCH3 is 1. The molecule has 0 saturated carbocycles. The van der Waals surface area contributed by atoms with Gasteiger partial charge in [0.25, 0.3) is 0 Å². The SMILES string of the molecule is CO[C@]12Cc3cc4ccccc4nc3C[C@]1(c1ccccc1)CCN(C)C2. The van der Waals surface area contributed by atoms with Gasteiger partial charge in [-0.05, 0) is 43.3 Å². The van der Waals surface area contributed by atoms with E-state index in [1.807, 2.05) is 7.11 Å². The van der Waals surface area contributed by atoms with Gasteiger partial charge in [-0.25, -0.2) is 0 Å². The van der Waals surface area contributed by atoms with E-state index in [2.05, 4.69) is 72.6 Å². The van der Waals surface area contributed by atoms with Crippen molar-refractivity contribution < 1.29 is 4.74 Å². The Morgan fingerprint density at radius 3 is 2.59 bits per heavy atom. The number of benzene rings is 2. The van der Waals surface area contributed by atoms with Crippen LogP contribution in [0.25, 0.3) is 10.9 Å². The summed E-state index contributed by atoms with van der Waals surface area (Å²) < 4.78 is 6.41. The summed E-state index contributed by atoms with van der Waals surface area (Å²) in [6.07, 6.45) is 2.95. The monoisotopic (exact) mass is 358 g/mol. The molecule has 1 fully saturated rings. The predicted molar refractivity (Wildman–Crippen MR) is 109 cm³/mol. The maximum absolute atomic E-state index is 6.41. The molecule has 0 unspecified atom stereocenters. The van der Waals surface area contributed by atoms with Crippen LogP contribution in [0.4, 0.5) is 0 Å². The number of pyridine rings is 1. The molecule has 0 amide bonds. The predicted octanol–water partition coefficient (Wildman–Crippen LogP) is 3.99. The Labute approximate surface area is 161 Å². The van der Waals surface area contributed by atoms with E-state index in [1.165, 1.54) is 22.2 Å². The average molecular weight is 358 g/mol. The van der Waals surface area contributed by atoms with Crippen LogP contribution >= 0.6 is 0 Å². The van der Waals surface area contributed by atoms with Crippen molar-refractivity contribution in [2.24, 2.45) is 0 Å². The molecule has 0 bridgehead atoms. The molecule has 1 aliphatic carbocycles. The smallest absolute Gasteiger partial charge is 0.0945 e. The standard InChI is InChI=1S/C24H26N2O/c1-26-13-12-23(20-9-4-3-5-10-20)16-22-19(15-24(23,17-26)27-2)14-18-8-6-7-11-21(18)25-22/h3-11,14H,12-13,15-17H2,1-2H3/t23-,24-/m0/s1. The van der Waals surface area contributed by atoms with Crippen LogP contribution < -0.4 is 0 Å². The van der Waals surface area contributed by atoms with Gasteiger partial charge in [0, 0.05) is 43.0 Å². The lowest BCUT2D eigenvalue weighted by Gasteiger charge is -2.58. The molecule has 2 atom stereocenters. The van der Waals surface area contributed by atoms with E-state index in [0.29, 0.717) is 0 Å². The van der Waals surface area contributed by atoms with E-state index in [-0.39, 0.29) is 11.0 Å². The van der Waals surface area contributed by atoms with Crippen molar-refractivity contribution in [1.29, 1.82) is 0 Å². The van der Waals surface area contributed by atoms with Crippen LogP contribution in [0.5, 0.6) is 0 Å². The second kappa shape index (κ2) is 6.15. The number of hydrogen-bond acceptors (Lipinski definition) is 3. The Kier molecular flexibility index (Phi) is 3.85. The maximum atomic E-state index is 6.41. The van der Waals surface area contributed by atoms with Crippen molar-refractivity contribution in [2.75, 3.05) is 27.2 Å². The van der Waals surface area contributed by atoms with Crippen LogP contribution in [0.3, 0.4) is 0 Å². The van der Waals surface area contributed by atoms with Crippen molar-refractivity contribution in [3.05, 3.63) is 77.5 Å². The lowest BCUT2D eigenvalue weighted by Crippen LogP contribution is -2.66. The molecule has 3 nitrogen and oxygen atoms in total. The highest BCUT2D eigenvalue weighted by Crippen LogP contribution is 2.51. The number of hydrogen-bond donors (Lipinski definition) is 0. The summed E-state index contributed by atoms with van der Waals surface area (Å²) in [5.41, 5.74) is 4.82. The van der Waals surface area contributed by atoms with E-state index in [0.717, 1.165) is 37.9 Å². The van der Waals surface area contributed by atoms with E-state index in [9.17, 15) is 0 Å². The van der Waals surface area contributed by atoms with Crippen molar-refractivity contribution in [2.45, 2.75) is 30.3 Å². The van der Waals surface area contributed by atoms with Crippen molar-refractivity contribution >= 4 is 10.9 Å².